The van der Waals surface area contributed by atoms with Crippen LogP contribution in [0.2, 0.25) is 0 Å². The van der Waals surface area contributed by atoms with E-state index >= 15 is 0 Å². The lowest BCUT2D eigenvalue weighted by Crippen LogP contribution is -2.47. The third kappa shape index (κ3) is 3.85. The predicted molar refractivity (Wildman–Crippen MR) is 132 cm³/mol. The van der Waals surface area contributed by atoms with Gasteiger partial charge in [0.1, 0.15) is 11.5 Å². The zero-order valence-electron chi connectivity index (χ0n) is 19.3. The first-order valence-corrected chi connectivity index (χ1v) is 11.5. The number of hydrogen-bond donors (Lipinski definition) is 0. The molecule has 1 fully saturated rings. The molecule has 0 unspecified atom stereocenters. The Labute approximate surface area is 198 Å². The summed E-state index contributed by atoms with van der Waals surface area (Å²) in [7, 11) is 0. The maximum absolute atomic E-state index is 13.7. The minimum Gasteiger partial charge on any atom is -0.368 e. The smallest absolute Gasteiger partial charge is 0.282 e. The molecule has 1 saturated heterocycles. The largest absolute Gasteiger partial charge is 0.368 e. The maximum Gasteiger partial charge on any atom is 0.282 e. The number of amides is 2. The molecule has 0 N–H and O–H groups in total. The van der Waals surface area contributed by atoms with Crippen LogP contribution in [0.15, 0.2) is 78.5 Å². The van der Waals surface area contributed by atoms with E-state index < -0.39 is 0 Å². The monoisotopic (exact) mass is 455 g/mol. The molecule has 2 aliphatic rings. The van der Waals surface area contributed by atoms with E-state index in [0.717, 1.165) is 29.9 Å². The SMILES string of the molecule is Cc1ccc(N2C(=O)C(c3ccc(F)cc3)=C(N3CCN(c4ccccc4)CC3)C2=O)cc1C. The fourth-order valence-corrected chi connectivity index (χ4v) is 4.61. The van der Waals surface area contributed by atoms with Crippen LogP contribution in [0, 0.1) is 19.7 Å². The van der Waals surface area contributed by atoms with Crippen molar-refractivity contribution in [1.82, 2.24) is 4.90 Å². The molecule has 34 heavy (non-hydrogen) atoms. The molecule has 5 nitrogen and oxygen atoms in total. The molecular formula is C28H26FN3O2. The number of hydrogen-bond acceptors (Lipinski definition) is 4. The molecule has 0 atom stereocenters. The Morgan fingerprint density at radius 2 is 1.32 bits per heavy atom. The van der Waals surface area contributed by atoms with Gasteiger partial charge in [0.25, 0.3) is 11.8 Å². The van der Waals surface area contributed by atoms with Crippen molar-refractivity contribution in [2.75, 3.05) is 36.0 Å². The molecule has 0 bridgehead atoms. The summed E-state index contributed by atoms with van der Waals surface area (Å²) in [5.41, 5.74) is 5.06. The van der Waals surface area contributed by atoms with Gasteiger partial charge in [-0.05, 0) is 66.9 Å². The van der Waals surface area contributed by atoms with E-state index in [2.05, 4.69) is 17.0 Å². The van der Waals surface area contributed by atoms with Gasteiger partial charge in [-0.2, -0.15) is 0 Å². The molecule has 5 rings (SSSR count). The van der Waals surface area contributed by atoms with Crippen molar-refractivity contribution in [3.63, 3.8) is 0 Å². The van der Waals surface area contributed by atoms with E-state index in [1.54, 1.807) is 18.2 Å². The summed E-state index contributed by atoms with van der Waals surface area (Å²) < 4.78 is 13.6. The number of imide groups is 1. The fraction of sp³-hybridized carbons (Fsp3) is 0.214. The Morgan fingerprint density at radius 3 is 1.97 bits per heavy atom. The molecule has 3 aromatic carbocycles. The van der Waals surface area contributed by atoms with Crippen LogP contribution in [0.25, 0.3) is 5.57 Å². The molecule has 0 aliphatic carbocycles. The molecule has 3 aromatic rings. The second-order valence-electron chi connectivity index (χ2n) is 8.75. The Hall–Kier alpha value is -3.93. The number of anilines is 2. The maximum atomic E-state index is 13.7. The number of piperazine rings is 1. The number of rotatable bonds is 4. The number of aryl methyl sites for hydroxylation is 2. The average molecular weight is 456 g/mol. The van der Waals surface area contributed by atoms with Crippen molar-refractivity contribution in [2.24, 2.45) is 0 Å². The van der Waals surface area contributed by atoms with E-state index in [0.29, 0.717) is 35.6 Å². The summed E-state index contributed by atoms with van der Waals surface area (Å²) in [6.07, 6.45) is 0. The lowest BCUT2D eigenvalue weighted by Gasteiger charge is -2.37. The summed E-state index contributed by atoms with van der Waals surface area (Å²) in [6.45, 7) is 6.63. The highest BCUT2D eigenvalue weighted by molar-refractivity contribution is 6.45. The highest BCUT2D eigenvalue weighted by atomic mass is 19.1. The Kier molecular flexibility index (Phi) is 5.65. The van der Waals surface area contributed by atoms with Crippen molar-refractivity contribution >= 4 is 28.8 Å². The van der Waals surface area contributed by atoms with Gasteiger partial charge in [0.05, 0.1) is 11.3 Å². The van der Waals surface area contributed by atoms with Gasteiger partial charge in [0.2, 0.25) is 0 Å². The third-order valence-electron chi connectivity index (χ3n) is 6.66. The summed E-state index contributed by atoms with van der Waals surface area (Å²) >= 11 is 0. The third-order valence-corrected chi connectivity index (χ3v) is 6.66. The van der Waals surface area contributed by atoms with Crippen LogP contribution in [0.4, 0.5) is 15.8 Å². The van der Waals surface area contributed by atoms with E-state index in [1.165, 1.54) is 17.0 Å². The molecular weight excluding hydrogens is 429 g/mol. The van der Waals surface area contributed by atoms with Crippen LogP contribution in [0.5, 0.6) is 0 Å². The number of carbonyl (C=O) groups excluding carboxylic acids is 2. The first-order chi connectivity index (χ1) is 16.4. The Balaban J connectivity index is 1.51. The topological polar surface area (TPSA) is 43.9 Å². The van der Waals surface area contributed by atoms with Gasteiger partial charge in [-0.25, -0.2) is 9.29 Å². The normalized spacial score (nSPS) is 16.6. The summed E-state index contributed by atoms with van der Waals surface area (Å²) in [5.74, 6) is -1.09. The highest BCUT2D eigenvalue weighted by Gasteiger charge is 2.43. The highest BCUT2D eigenvalue weighted by Crippen LogP contribution is 2.36. The Bertz CT molecular complexity index is 1280. The minimum atomic E-state index is -0.384. The number of para-hydroxylation sites is 1. The van der Waals surface area contributed by atoms with Crippen LogP contribution in [-0.4, -0.2) is 42.9 Å². The molecule has 2 aliphatic heterocycles. The second-order valence-corrected chi connectivity index (χ2v) is 8.75. The number of nitrogens with zero attached hydrogens (tertiary/aromatic N) is 3. The molecule has 172 valence electrons. The predicted octanol–water partition coefficient (Wildman–Crippen LogP) is 4.55. The molecule has 0 spiro atoms. The zero-order chi connectivity index (χ0) is 23.8. The molecule has 2 heterocycles. The van der Waals surface area contributed by atoms with Crippen LogP contribution in [0.3, 0.4) is 0 Å². The average Bonchev–Trinajstić information content (AvgIpc) is 3.12. The van der Waals surface area contributed by atoms with Gasteiger partial charge in [-0.3, -0.25) is 9.59 Å². The van der Waals surface area contributed by atoms with Gasteiger partial charge in [-0.1, -0.05) is 36.4 Å². The molecule has 0 radical (unpaired) electrons. The molecule has 2 amide bonds. The Morgan fingerprint density at radius 1 is 0.676 bits per heavy atom. The summed E-state index contributed by atoms with van der Waals surface area (Å²) in [4.78, 5) is 32.9. The van der Waals surface area contributed by atoms with Crippen molar-refractivity contribution in [3.05, 3.63) is 101 Å². The van der Waals surface area contributed by atoms with Crippen molar-refractivity contribution in [1.29, 1.82) is 0 Å². The van der Waals surface area contributed by atoms with Crippen LogP contribution < -0.4 is 9.80 Å². The lowest BCUT2D eigenvalue weighted by atomic mass is 10.0. The van der Waals surface area contributed by atoms with E-state index in [-0.39, 0.29) is 17.6 Å². The van der Waals surface area contributed by atoms with E-state index in [9.17, 15) is 14.0 Å². The minimum absolute atomic E-state index is 0.330. The lowest BCUT2D eigenvalue weighted by molar-refractivity contribution is -0.120. The van der Waals surface area contributed by atoms with Gasteiger partial charge in [0.15, 0.2) is 0 Å². The standard InChI is InChI=1S/C28H26FN3O2/c1-19-8-13-24(18-20(19)2)32-27(33)25(21-9-11-22(29)12-10-21)26(28(32)34)31-16-14-30(15-17-31)23-6-4-3-5-7-23/h3-13,18H,14-17H2,1-2H3. The first-order valence-electron chi connectivity index (χ1n) is 11.5. The van der Waals surface area contributed by atoms with Crippen molar-refractivity contribution < 1.29 is 14.0 Å². The van der Waals surface area contributed by atoms with Crippen LogP contribution in [-0.2, 0) is 9.59 Å². The zero-order valence-corrected chi connectivity index (χ0v) is 19.3. The first kappa shape index (κ1) is 21.9. The second kappa shape index (κ2) is 8.78. The number of benzene rings is 3. The van der Waals surface area contributed by atoms with Crippen molar-refractivity contribution in [2.45, 2.75) is 13.8 Å². The van der Waals surface area contributed by atoms with Gasteiger partial charge in [-0.15, -0.1) is 0 Å². The van der Waals surface area contributed by atoms with E-state index in [1.807, 2.05) is 49.1 Å². The van der Waals surface area contributed by atoms with E-state index in [4.69, 9.17) is 0 Å². The summed E-state index contributed by atoms with van der Waals surface area (Å²) in [5, 5.41) is 0. The van der Waals surface area contributed by atoms with Crippen LogP contribution >= 0.6 is 0 Å². The van der Waals surface area contributed by atoms with Gasteiger partial charge in [0, 0.05) is 31.9 Å². The van der Waals surface area contributed by atoms with Crippen molar-refractivity contribution in [3.8, 4) is 0 Å². The summed E-state index contributed by atoms with van der Waals surface area (Å²) in [6, 6.07) is 21.5. The molecule has 0 aromatic heterocycles. The fourth-order valence-electron chi connectivity index (χ4n) is 4.61. The van der Waals surface area contributed by atoms with Gasteiger partial charge < -0.3 is 9.80 Å². The van der Waals surface area contributed by atoms with Crippen LogP contribution in [0.1, 0.15) is 16.7 Å². The molecule has 6 heteroatoms. The molecule has 0 saturated carbocycles. The van der Waals surface area contributed by atoms with Gasteiger partial charge >= 0.3 is 0 Å². The number of halogens is 1. The quantitative estimate of drug-likeness (QED) is 0.542. The number of carbonyl (C=O) groups is 2.